The smallest absolute Gasteiger partial charge is 0.294 e. The van der Waals surface area contributed by atoms with E-state index in [4.69, 9.17) is 10.5 Å². The number of allylic oxidation sites excluding steroid dienone is 2. The lowest BCUT2D eigenvalue weighted by Crippen LogP contribution is -2.26. The van der Waals surface area contributed by atoms with Crippen LogP contribution in [-0.2, 0) is 21.9 Å². The van der Waals surface area contributed by atoms with E-state index in [2.05, 4.69) is 0 Å². The summed E-state index contributed by atoms with van der Waals surface area (Å²) in [6.45, 7) is 0. The summed E-state index contributed by atoms with van der Waals surface area (Å²) in [4.78, 5) is 26.8. The van der Waals surface area contributed by atoms with Gasteiger partial charge in [-0.25, -0.2) is 0 Å². The molecule has 0 heterocycles. The van der Waals surface area contributed by atoms with Crippen LogP contribution in [0.15, 0.2) is 47.5 Å². The van der Waals surface area contributed by atoms with E-state index in [0.717, 1.165) is 24.3 Å². The van der Waals surface area contributed by atoms with Crippen molar-refractivity contribution in [3.05, 3.63) is 80.9 Å². The summed E-state index contributed by atoms with van der Waals surface area (Å²) in [5.74, 6) is -8.36. The number of hydrogen-bond acceptors (Lipinski definition) is 6. The van der Waals surface area contributed by atoms with Gasteiger partial charge >= 0.3 is 12.4 Å². The molecule has 12 heteroatoms. The van der Waals surface area contributed by atoms with Gasteiger partial charge in [-0.2, -0.15) is 47.4 Å². The number of alkyl halides is 6. The highest BCUT2D eigenvalue weighted by molar-refractivity contribution is 6.20. The van der Waals surface area contributed by atoms with E-state index in [0.29, 0.717) is 12.1 Å². The SMILES string of the molecule is N#Cc1ccc(C2C(=O)C3=C(C(=O)C(c4ccc(C#N)c(C(F)(F)F)c4)C3C#N)C2C#N)cc1C(F)(F)F. The van der Waals surface area contributed by atoms with Crippen LogP contribution < -0.4 is 0 Å². The Labute approximate surface area is 210 Å². The predicted octanol–water partition coefficient (Wildman–Crippen LogP) is 5.08. The third-order valence-corrected chi connectivity index (χ3v) is 6.61. The van der Waals surface area contributed by atoms with Crippen LogP contribution in [0.5, 0.6) is 0 Å². The van der Waals surface area contributed by atoms with Crippen LogP contribution >= 0.6 is 0 Å². The second kappa shape index (κ2) is 8.87. The van der Waals surface area contributed by atoms with Crippen LogP contribution in [0.25, 0.3) is 0 Å². The molecule has 6 nitrogen and oxygen atoms in total. The van der Waals surface area contributed by atoms with Gasteiger partial charge in [0.25, 0.3) is 0 Å². The molecule has 2 aliphatic carbocycles. The van der Waals surface area contributed by atoms with E-state index in [1.54, 1.807) is 12.1 Å². The molecule has 188 valence electrons. The Balaban J connectivity index is 1.82. The fraction of sp³-hybridized carbons (Fsp3) is 0.231. The minimum absolute atomic E-state index is 0.305. The van der Waals surface area contributed by atoms with Gasteiger partial charge in [0.15, 0.2) is 11.6 Å². The lowest BCUT2D eigenvalue weighted by molar-refractivity contribution is -0.138. The van der Waals surface area contributed by atoms with Gasteiger partial charge < -0.3 is 0 Å². The van der Waals surface area contributed by atoms with E-state index in [-0.39, 0.29) is 11.1 Å². The topological polar surface area (TPSA) is 129 Å². The van der Waals surface area contributed by atoms with Crippen molar-refractivity contribution < 1.29 is 35.9 Å². The maximum atomic E-state index is 13.5. The largest absolute Gasteiger partial charge is 0.417 e. The maximum Gasteiger partial charge on any atom is 0.417 e. The third-order valence-electron chi connectivity index (χ3n) is 6.61. The number of carbonyl (C=O) groups is 2. The number of ketones is 2. The predicted molar refractivity (Wildman–Crippen MR) is 113 cm³/mol. The van der Waals surface area contributed by atoms with E-state index in [1.165, 1.54) is 12.1 Å². The Morgan fingerprint density at radius 3 is 1.21 bits per heavy atom. The highest BCUT2D eigenvalue weighted by Gasteiger charge is 2.56. The minimum Gasteiger partial charge on any atom is -0.294 e. The highest BCUT2D eigenvalue weighted by atomic mass is 19.4. The molecule has 0 amide bonds. The molecule has 0 radical (unpaired) electrons. The monoisotopic (exact) mass is 524 g/mol. The van der Waals surface area contributed by atoms with Crippen LogP contribution in [0, 0.1) is 57.2 Å². The molecule has 0 fully saturated rings. The molecule has 4 rings (SSSR count). The summed E-state index contributed by atoms with van der Waals surface area (Å²) in [6.07, 6.45) is -9.94. The van der Waals surface area contributed by atoms with Gasteiger partial charge in [-0.1, -0.05) is 12.1 Å². The molecule has 2 aromatic rings. The average Bonchev–Trinajstić information content (AvgIpc) is 3.33. The second-order valence-corrected chi connectivity index (χ2v) is 8.55. The maximum absolute atomic E-state index is 13.5. The van der Waals surface area contributed by atoms with Crippen molar-refractivity contribution in [2.24, 2.45) is 11.8 Å². The summed E-state index contributed by atoms with van der Waals surface area (Å²) in [6, 6.07) is 11.0. The second-order valence-electron chi connectivity index (χ2n) is 8.55. The van der Waals surface area contributed by atoms with Crippen molar-refractivity contribution in [2.45, 2.75) is 24.2 Å². The number of Topliss-reactive ketones (excluding diaryl/α,β-unsaturated/α-hetero) is 2. The first kappa shape index (κ1) is 26.1. The molecule has 4 atom stereocenters. The zero-order valence-electron chi connectivity index (χ0n) is 18.6. The summed E-state index contributed by atoms with van der Waals surface area (Å²) >= 11 is 0. The van der Waals surface area contributed by atoms with Gasteiger partial charge in [0.2, 0.25) is 0 Å². The molecule has 38 heavy (non-hydrogen) atoms. The van der Waals surface area contributed by atoms with Gasteiger partial charge in [0, 0.05) is 11.1 Å². The third kappa shape index (κ3) is 3.88. The number of carbonyl (C=O) groups excluding carboxylic acids is 2. The molecule has 0 saturated carbocycles. The standard InChI is InChI=1S/C26H10F6N4O2/c27-25(28,29)17-5-11(1-3-13(17)7-33)19-15(9-35)21-22(23(19)37)16(10-36)20(24(21)38)12-2-4-14(8-34)18(6-12)26(30,31)32/h1-6,15-16,19-20H. The Kier molecular flexibility index (Phi) is 6.10. The van der Waals surface area contributed by atoms with Crippen LogP contribution in [0.4, 0.5) is 26.3 Å². The first-order valence-corrected chi connectivity index (χ1v) is 10.6. The normalized spacial score (nSPS) is 22.9. The van der Waals surface area contributed by atoms with Crippen molar-refractivity contribution in [3.8, 4) is 24.3 Å². The van der Waals surface area contributed by atoms with E-state index in [9.17, 15) is 46.5 Å². The Morgan fingerprint density at radius 1 is 0.605 bits per heavy atom. The number of benzene rings is 2. The molecular formula is C26H10F6N4O2. The first-order valence-electron chi connectivity index (χ1n) is 10.6. The number of rotatable bonds is 2. The fourth-order valence-electron chi connectivity index (χ4n) is 5.02. The van der Waals surface area contributed by atoms with Crippen molar-refractivity contribution in [2.75, 3.05) is 0 Å². The number of nitriles is 4. The van der Waals surface area contributed by atoms with Crippen LogP contribution in [0.1, 0.15) is 45.2 Å². The summed E-state index contributed by atoms with van der Waals surface area (Å²) in [5.41, 5.74) is -5.65. The summed E-state index contributed by atoms with van der Waals surface area (Å²) in [7, 11) is 0. The van der Waals surface area contributed by atoms with Gasteiger partial charge in [-0.3, -0.25) is 9.59 Å². The first-order chi connectivity index (χ1) is 17.8. The van der Waals surface area contributed by atoms with E-state index in [1.807, 2.05) is 0 Å². The van der Waals surface area contributed by atoms with Gasteiger partial charge in [0.1, 0.15) is 0 Å². The Hall–Kier alpha value is -4.94. The average molecular weight is 524 g/mol. The lowest BCUT2D eigenvalue weighted by Gasteiger charge is -2.23. The quantitative estimate of drug-likeness (QED) is 0.504. The van der Waals surface area contributed by atoms with Crippen LogP contribution in [-0.4, -0.2) is 11.6 Å². The molecule has 0 aliphatic heterocycles. The van der Waals surface area contributed by atoms with Gasteiger partial charge in [-0.15, -0.1) is 0 Å². The Morgan fingerprint density at radius 2 is 0.947 bits per heavy atom. The molecule has 0 bridgehead atoms. The van der Waals surface area contributed by atoms with Crippen molar-refractivity contribution in [1.82, 2.24) is 0 Å². The lowest BCUT2D eigenvalue weighted by atomic mass is 9.77. The highest BCUT2D eigenvalue weighted by Crippen LogP contribution is 2.54. The molecule has 2 aliphatic rings. The zero-order chi connectivity index (χ0) is 28.2. The van der Waals surface area contributed by atoms with E-state index >= 15 is 0 Å². The van der Waals surface area contributed by atoms with Gasteiger partial charge in [0.05, 0.1) is 70.2 Å². The van der Waals surface area contributed by atoms with Crippen molar-refractivity contribution in [3.63, 3.8) is 0 Å². The molecule has 0 N–H and O–H groups in total. The molecular weight excluding hydrogens is 514 g/mol. The molecule has 0 aromatic heterocycles. The summed E-state index contributed by atoms with van der Waals surface area (Å²) in [5, 5.41) is 37.7. The molecule has 0 saturated heterocycles. The fourth-order valence-corrected chi connectivity index (χ4v) is 5.02. The zero-order valence-corrected chi connectivity index (χ0v) is 18.6. The minimum atomic E-state index is -4.97. The molecule has 4 unspecified atom stereocenters. The number of halogens is 6. The van der Waals surface area contributed by atoms with Crippen molar-refractivity contribution in [1.29, 1.82) is 21.0 Å². The molecule has 0 spiro atoms. The number of nitrogens with zero attached hydrogens (tertiary/aromatic N) is 4. The Bertz CT molecular complexity index is 1490. The van der Waals surface area contributed by atoms with E-state index < -0.39 is 81.0 Å². The van der Waals surface area contributed by atoms with Gasteiger partial charge in [-0.05, 0) is 35.4 Å². The number of hydrogen-bond donors (Lipinski definition) is 0. The summed E-state index contributed by atoms with van der Waals surface area (Å²) < 4.78 is 80.9. The van der Waals surface area contributed by atoms with Crippen LogP contribution in [0.2, 0.25) is 0 Å². The van der Waals surface area contributed by atoms with Crippen molar-refractivity contribution >= 4 is 11.6 Å². The van der Waals surface area contributed by atoms with Crippen LogP contribution in [0.3, 0.4) is 0 Å². The molecule has 2 aromatic carbocycles.